The van der Waals surface area contributed by atoms with Crippen molar-refractivity contribution in [3.8, 4) is 5.75 Å². The van der Waals surface area contributed by atoms with Crippen LogP contribution in [-0.2, 0) is 16.0 Å². The highest BCUT2D eigenvalue weighted by Crippen LogP contribution is 2.29. The van der Waals surface area contributed by atoms with Crippen molar-refractivity contribution in [1.82, 2.24) is 4.90 Å². The van der Waals surface area contributed by atoms with Gasteiger partial charge in [-0.25, -0.2) is 9.59 Å². The predicted molar refractivity (Wildman–Crippen MR) is 94.2 cm³/mol. The topological polar surface area (TPSA) is 76.1 Å². The van der Waals surface area contributed by atoms with E-state index in [2.05, 4.69) is 0 Å². The summed E-state index contributed by atoms with van der Waals surface area (Å²) in [6.45, 7) is 7.38. The van der Waals surface area contributed by atoms with Gasteiger partial charge in [-0.2, -0.15) is 0 Å². The van der Waals surface area contributed by atoms with Crippen molar-refractivity contribution in [2.24, 2.45) is 0 Å². The van der Waals surface area contributed by atoms with E-state index < -0.39 is 29.8 Å². The van der Waals surface area contributed by atoms with E-state index in [1.165, 1.54) is 4.90 Å². The zero-order valence-corrected chi connectivity index (χ0v) is 15.7. The van der Waals surface area contributed by atoms with E-state index in [1.807, 2.05) is 13.0 Å². The third kappa shape index (κ3) is 5.01. The van der Waals surface area contributed by atoms with Gasteiger partial charge in [0.05, 0.1) is 6.54 Å². The Labute approximate surface area is 152 Å². The van der Waals surface area contributed by atoms with Gasteiger partial charge in [0.25, 0.3) is 0 Å². The number of carbonyl (C=O) groups is 2. The minimum absolute atomic E-state index is 0.164. The first kappa shape index (κ1) is 19.4. The standard InChI is InChI=1S/C18H24ClNO5/c1-5-11-8-12(19)6-7-15(11)24-13-9-14(16(21)22)20(10-13)17(23)25-18(2,3)4/h6-8,13-14H,5,9-10H2,1-4H3,(H,21,22)/t13-,14-/m1/s1. The van der Waals surface area contributed by atoms with Gasteiger partial charge < -0.3 is 14.6 Å². The number of nitrogens with zero attached hydrogens (tertiary/aromatic N) is 1. The summed E-state index contributed by atoms with van der Waals surface area (Å²) >= 11 is 6.00. The zero-order chi connectivity index (χ0) is 18.8. The molecule has 0 bridgehead atoms. The molecule has 25 heavy (non-hydrogen) atoms. The molecule has 6 nitrogen and oxygen atoms in total. The number of hydrogen-bond acceptors (Lipinski definition) is 4. The van der Waals surface area contributed by atoms with Gasteiger partial charge in [0.1, 0.15) is 23.5 Å². The van der Waals surface area contributed by atoms with E-state index in [1.54, 1.807) is 32.9 Å². The maximum Gasteiger partial charge on any atom is 0.411 e. The van der Waals surface area contributed by atoms with Crippen LogP contribution >= 0.6 is 11.6 Å². The lowest BCUT2D eigenvalue weighted by molar-refractivity contribution is -0.142. The van der Waals surface area contributed by atoms with Gasteiger partial charge in [-0.1, -0.05) is 18.5 Å². The molecule has 0 aliphatic carbocycles. The summed E-state index contributed by atoms with van der Waals surface area (Å²) in [5.41, 5.74) is 0.250. The molecule has 138 valence electrons. The fraction of sp³-hybridized carbons (Fsp3) is 0.556. The molecule has 0 saturated carbocycles. The fourth-order valence-corrected chi connectivity index (χ4v) is 2.95. The first-order chi connectivity index (χ1) is 11.6. The normalized spacial score (nSPS) is 20.4. The summed E-state index contributed by atoms with van der Waals surface area (Å²) in [5, 5.41) is 10.0. The van der Waals surface area contributed by atoms with Crippen molar-refractivity contribution in [3.63, 3.8) is 0 Å². The van der Waals surface area contributed by atoms with Gasteiger partial charge >= 0.3 is 12.1 Å². The number of likely N-dealkylation sites (tertiary alicyclic amines) is 1. The van der Waals surface area contributed by atoms with E-state index in [4.69, 9.17) is 21.1 Å². The van der Waals surface area contributed by atoms with Crippen molar-refractivity contribution in [2.45, 2.75) is 58.3 Å². The number of aliphatic carboxylic acids is 1. The fourth-order valence-electron chi connectivity index (χ4n) is 2.76. The number of carbonyl (C=O) groups excluding carboxylic acids is 1. The van der Waals surface area contributed by atoms with Gasteiger partial charge in [-0.05, 0) is 51.0 Å². The Bertz CT molecular complexity index is 655. The number of benzene rings is 1. The quantitative estimate of drug-likeness (QED) is 0.874. The molecule has 1 aliphatic heterocycles. The van der Waals surface area contributed by atoms with E-state index in [0.29, 0.717) is 10.8 Å². The summed E-state index contributed by atoms with van der Waals surface area (Å²) in [7, 11) is 0. The lowest BCUT2D eigenvalue weighted by Gasteiger charge is -2.26. The van der Waals surface area contributed by atoms with Crippen LogP contribution in [0, 0.1) is 0 Å². The van der Waals surface area contributed by atoms with Crippen LogP contribution in [0.1, 0.15) is 39.7 Å². The maximum absolute atomic E-state index is 12.3. The highest BCUT2D eigenvalue weighted by molar-refractivity contribution is 6.30. The van der Waals surface area contributed by atoms with Crippen LogP contribution in [0.4, 0.5) is 4.79 Å². The van der Waals surface area contributed by atoms with Gasteiger partial charge in [0, 0.05) is 11.4 Å². The van der Waals surface area contributed by atoms with Gasteiger partial charge in [-0.15, -0.1) is 0 Å². The van der Waals surface area contributed by atoms with Crippen LogP contribution in [0.25, 0.3) is 0 Å². The van der Waals surface area contributed by atoms with Crippen molar-refractivity contribution in [3.05, 3.63) is 28.8 Å². The largest absolute Gasteiger partial charge is 0.488 e. The SMILES string of the molecule is CCc1cc(Cl)ccc1O[C@@H]1C[C@H](C(=O)O)N(C(=O)OC(C)(C)C)C1. The van der Waals surface area contributed by atoms with E-state index in [0.717, 1.165) is 12.0 Å². The van der Waals surface area contributed by atoms with Crippen LogP contribution < -0.4 is 4.74 Å². The van der Waals surface area contributed by atoms with Crippen LogP contribution in [0.15, 0.2) is 18.2 Å². The monoisotopic (exact) mass is 369 g/mol. The molecule has 1 aliphatic rings. The number of carboxylic acids is 1. The highest BCUT2D eigenvalue weighted by Gasteiger charge is 2.42. The maximum atomic E-state index is 12.3. The zero-order valence-electron chi connectivity index (χ0n) is 14.9. The van der Waals surface area contributed by atoms with Gasteiger partial charge in [0.2, 0.25) is 0 Å². The van der Waals surface area contributed by atoms with Gasteiger partial charge in [-0.3, -0.25) is 4.90 Å². The lowest BCUT2D eigenvalue weighted by Crippen LogP contribution is -2.43. The third-order valence-electron chi connectivity index (χ3n) is 3.87. The molecule has 2 atom stereocenters. The number of halogens is 1. The Kier molecular flexibility index (Phi) is 5.83. The molecule has 1 amide bonds. The first-order valence-corrected chi connectivity index (χ1v) is 8.66. The van der Waals surface area contributed by atoms with Crippen molar-refractivity contribution < 1.29 is 24.2 Å². The second kappa shape index (κ2) is 7.52. The smallest absolute Gasteiger partial charge is 0.411 e. The molecule has 1 aromatic rings. The van der Waals surface area contributed by atoms with Crippen molar-refractivity contribution in [1.29, 1.82) is 0 Å². The first-order valence-electron chi connectivity index (χ1n) is 8.28. The molecule has 0 aromatic heterocycles. The summed E-state index contributed by atoms with van der Waals surface area (Å²) in [5.74, 6) is -0.407. The van der Waals surface area contributed by atoms with Gasteiger partial charge in [0.15, 0.2) is 0 Å². The Morgan fingerprint density at radius 2 is 2.04 bits per heavy atom. The molecule has 1 heterocycles. The average Bonchev–Trinajstić information content (AvgIpc) is 2.91. The molecule has 7 heteroatoms. The third-order valence-corrected chi connectivity index (χ3v) is 4.11. The Morgan fingerprint density at radius 3 is 2.60 bits per heavy atom. The molecule has 0 radical (unpaired) electrons. The summed E-state index contributed by atoms with van der Waals surface area (Å²) in [6, 6.07) is 4.36. The predicted octanol–water partition coefficient (Wildman–Crippen LogP) is 3.74. The molecule has 1 N–H and O–H groups in total. The number of rotatable bonds is 4. The molecule has 0 unspecified atom stereocenters. The summed E-state index contributed by atoms with van der Waals surface area (Å²) in [4.78, 5) is 25.1. The molecular weight excluding hydrogens is 346 g/mol. The van der Waals surface area contributed by atoms with E-state index in [9.17, 15) is 14.7 Å². The van der Waals surface area contributed by atoms with Crippen LogP contribution in [-0.4, -0.2) is 46.4 Å². The minimum atomic E-state index is -1.07. The van der Waals surface area contributed by atoms with Crippen molar-refractivity contribution >= 4 is 23.7 Å². The Balaban J connectivity index is 2.14. The van der Waals surface area contributed by atoms with E-state index >= 15 is 0 Å². The second-order valence-electron chi connectivity index (χ2n) is 7.07. The van der Waals surface area contributed by atoms with Crippen LogP contribution in [0.5, 0.6) is 5.75 Å². The van der Waals surface area contributed by atoms with Crippen LogP contribution in [0.2, 0.25) is 5.02 Å². The molecule has 1 saturated heterocycles. The average molecular weight is 370 g/mol. The second-order valence-corrected chi connectivity index (χ2v) is 7.50. The van der Waals surface area contributed by atoms with Crippen LogP contribution in [0.3, 0.4) is 0 Å². The summed E-state index contributed by atoms with van der Waals surface area (Å²) < 4.78 is 11.3. The number of ether oxygens (including phenoxy) is 2. The summed E-state index contributed by atoms with van der Waals surface area (Å²) in [6.07, 6.45) is -0.112. The molecule has 2 rings (SSSR count). The number of aryl methyl sites for hydroxylation is 1. The Morgan fingerprint density at radius 1 is 1.36 bits per heavy atom. The lowest BCUT2D eigenvalue weighted by atomic mass is 10.1. The Hall–Kier alpha value is -1.95. The number of hydrogen-bond donors (Lipinski definition) is 1. The molecule has 1 fully saturated rings. The molecular formula is C18H24ClNO5. The number of carboxylic acid groups (broad SMARTS) is 1. The number of amides is 1. The highest BCUT2D eigenvalue weighted by atomic mass is 35.5. The van der Waals surface area contributed by atoms with Crippen molar-refractivity contribution in [2.75, 3.05) is 6.54 Å². The minimum Gasteiger partial charge on any atom is -0.488 e. The molecule has 0 spiro atoms. The van der Waals surface area contributed by atoms with E-state index in [-0.39, 0.29) is 13.0 Å². The molecule has 1 aromatic carbocycles.